The van der Waals surface area contributed by atoms with Crippen molar-refractivity contribution in [2.45, 2.75) is 12.5 Å². The van der Waals surface area contributed by atoms with Gasteiger partial charge in [0.05, 0.1) is 43.6 Å². The molecule has 1 aliphatic heterocycles. The Labute approximate surface area is 213 Å². The summed E-state index contributed by atoms with van der Waals surface area (Å²) in [5.74, 6) is 1.48. The van der Waals surface area contributed by atoms with Crippen LogP contribution in [-0.2, 0) is 4.79 Å². The lowest BCUT2D eigenvalue weighted by Gasteiger charge is -2.26. The van der Waals surface area contributed by atoms with E-state index >= 15 is 0 Å². The minimum absolute atomic E-state index is 0.176. The lowest BCUT2D eigenvalue weighted by molar-refractivity contribution is -0.133. The van der Waals surface area contributed by atoms with E-state index < -0.39 is 12.1 Å². The number of carbonyl (C=O) groups is 2. The van der Waals surface area contributed by atoms with E-state index in [4.69, 9.17) is 14.2 Å². The van der Waals surface area contributed by atoms with E-state index in [9.17, 15) is 9.59 Å². The van der Waals surface area contributed by atoms with Gasteiger partial charge in [0, 0.05) is 19.0 Å². The molecule has 1 aliphatic rings. The molecule has 0 fully saturated rings. The number of likely N-dealkylation sites (N-methyl/N-ethyl adjacent to an activating group) is 1. The third-order valence-corrected chi connectivity index (χ3v) is 6.75. The van der Waals surface area contributed by atoms with Gasteiger partial charge in [-0.15, -0.1) is 11.3 Å². The van der Waals surface area contributed by atoms with Gasteiger partial charge in [0.25, 0.3) is 5.91 Å². The van der Waals surface area contributed by atoms with Crippen molar-refractivity contribution in [2.75, 3.05) is 40.2 Å². The first-order chi connectivity index (χ1) is 17.4. The minimum Gasteiger partial charge on any atom is -0.497 e. The number of urea groups is 1. The number of rotatable bonds is 8. The average Bonchev–Trinajstić information content (AvgIpc) is 3.59. The molecule has 3 amide bonds. The van der Waals surface area contributed by atoms with Crippen molar-refractivity contribution in [2.24, 2.45) is 5.10 Å². The molecule has 1 atom stereocenters. The highest BCUT2D eigenvalue weighted by atomic mass is 32.1. The monoisotopic (exact) mass is 508 g/mol. The average molecular weight is 509 g/mol. The Hall–Kier alpha value is -4.05. The van der Waals surface area contributed by atoms with Crippen LogP contribution >= 0.6 is 11.3 Å². The van der Waals surface area contributed by atoms with E-state index in [-0.39, 0.29) is 12.5 Å². The minimum atomic E-state index is -0.440. The Morgan fingerprint density at radius 1 is 1.06 bits per heavy atom. The van der Waals surface area contributed by atoms with Gasteiger partial charge in [-0.3, -0.25) is 4.79 Å². The van der Waals surface area contributed by atoms with Crippen molar-refractivity contribution in [1.82, 2.24) is 9.91 Å². The van der Waals surface area contributed by atoms with Crippen LogP contribution in [0.2, 0.25) is 0 Å². The molecule has 36 heavy (non-hydrogen) atoms. The number of benzene rings is 2. The fraction of sp³-hybridized carbons (Fsp3) is 0.269. The van der Waals surface area contributed by atoms with E-state index in [1.807, 2.05) is 35.7 Å². The maximum Gasteiger partial charge on any atom is 0.322 e. The summed E-state index contributed by atoms with van der Waals surface area (Å²) in [4.78, 5) is 28.6. The Kier molecular flexibility index (Phi) is 7.74. The molecule has 0 unspecified atom stereocenters. The zero-order valence-electron chi connectivity index (χ0n) is 20.6. The Morgan fingerprint density at radius 3 is 2.53 bits per heavy atom. The van der Waals surface area contributed by atoms with Gasteiger partial charge in [0.15, 0.2) is 0 Å². The van der Waals surface area contributed by atoms with E-state index in [1.54, 1.807) is 56.9 Å². The molecule has 0 bridgehead atoms. The van der Waals surface area contributed by atoms with Crippen LogP contribution in [0.1, 0.15) is 22.9 Å². The molecule has 4 rings (SSSR count). The van der Waals surface area contributed by atoms with Gasteiger partial charge in [-0.2, -0.15) is 5.10 Å². The molecular weight excluding hydrogens is 480 g/mol. The highest BCUT2D eigenvalue weighted by molar-refractivity contribution is 7.12. The molecule has 0 spiro atoms. The molecule has 2 heterocycles. The molecule has 1 aromatic heterocycles. The van der Waals surface area contributed by atoms with Crippen molar-refractivity contribution in [1.29, 1.82) is 0 Å². The van der Waals surface area contributed by atoms with Crippen LogP contribution in [0.15, 0.2) is 65.1 Å². The summed E-state index contributed by atoms with van der Waals surface area (Å²) in [6.07, 6.45) is 0.507. The highest BCUT2D eigenvalue weighted by Gasteiger charge is 2.36. The van der Waals surface area contributed by atoms with Gasteiger partial charge in [-0.25, -0.2) is 9.80 Å². The predicted octanol–water partition coefficient (Wildman–Crippen LogP) is 4.62. The van der Waals surface area contributed by atoms with Gasteiger partial charge < -0.3 is 24.4 Å². The third kappa shape index (κ3) is 5.28. The summed E-state index contributed by atoms with van der Waals surface area (Å²) in [5, 5.41) is 10.9. The number of thiophene rings is 1. The van der Waals surface area contributed by atoms with Gasteiger partial charge in [0.2, 0.25) is 0 Å². The van der Waals surface area contributed by atoms with Crippen molar-refractivity contribution >= 4 is 34.7 Å². The van der Waals surface area contributed by atoms with E-state index in [1.165, 1.54) is 17.0 Å². The van der Waals surface area contributed by atoms with Crippen LogP contribution in [0.25, 0.3) is 0 Å². The number of amides is 3. The number of para-hydroxylation sites is 2. The summed E-state index contributed by atoms with van der Waals surface area (Å²) in [7, 11) is 6.26. The SMILES string of the molecule is COc1ccc(OC)c([C@H]2CC(c3cccs3)=NN2C(=O)CN(C)C(=O)Nc2ccccc2OC)c1. The molecule has 2 aromatic carbocycles. The number of ether oxygens (including phenoxy) is 3. The maximum absolute atomic E-state index is 13.5. The van der Waals surface area contributed by atoms with Gasteiger partial charge in [-0.1, -0.05) is 18.2 Å². The zero-order chi connectivity index (χ0) is 25.7. The Balaban J connectivity index is 1.57. The van der Waals surface area contributed by atoms with Crippen LogP contribution in [0, 0.1) is 0 Å². The first kappa shape index (κ1) is 25.1. The highest BCUT2D eigenvalue weighted by Crippen LogP contribution is 2.39. The molecule has 9 nitrogen and oxygen atoms in total. The van der Waals surface area contributed by atoms with Crippen LogP contribution in [0.5, 0.6) is 17.2 Å². The largest absolute Gasteiger partial charge is 0.497 e. The number of nitrogens with zero attached hydrogens (tertiary/aromatic N) is 3. The second-order valence-electron chi connectivity index (χ2n) is 8.08. The molecule has 10 heteroatoms. The second kappa shape index (κ2) is 11.1. The van der Waals surface area contributed by atoms with Crippen molar-refractivity contribution < 1.29 is 23.8 Å². The quantitative estimate of drug-likeness (QED) is 0.480. The number of carbonyl (C=O) groups excluding carboxylic acids is 2. The van der Waals surface area contributed by atoms with Crippen LogP contribution in [-0.4, -0.2) is 62.5 Å². The second-order valence-corrected chi connectivity index (χ2v) is 9.02. The topological polar surface area (TPSA) is 92.7 Å². The van der Waals surface area contributed by atoms with E-state index in [0.29, 0.717) is 29.4 Å². The molecule has 188 valence electrons. The number of hydrazone groups is 1. The number of hydrogen-bond acceptors (Lipinski definition) is 7. The van der Waals surface area contributed by atoms with E-state index in [2.05, 4.69) is 10.4 Å². The number of methoxy groups -OCH3 is 3. The van der Waals surface area contributed by atoms with Crippen LogP contribution in [0.4, 0.5) is 10.5 Å². The van der Waals surface area contributed by atoms with Crippen molar-refractivity contribution in [3.8, 4) is 17.2 Å². The summed E-state index contributed by atoms with van der Waals surface area (Å²) in [5.41, 5.74) is 2.10. The lowest BCUT2D eigenvalue weighted by atomic mass is 9.99. The molecule has 1 N–H and O–H groups in total. The normalized spacial score (nSPS) is 14.7. The lowest BCUT2D eigenvalue weighted by Crippen LogP contribution is -2.41. The molecule has 0 radical (unpaired) electrons. The fourth-order valence-corrected chi connectivity index (χ4v) is 4.70. The van der Waals surface area contributed by atoms with Crippen LogP contribution in [0.3, 0.4) is 0 Å². The molecular formula is C26H28N4O5S. The standard InChI is InChI=1S/C26H28N4O5S/c1-29(26(32)27-19-8-5-6-9-23(19)35-4)16-25(31)30-21(15-20(28-30)24-10-7-13-36-24)18-14-17(33-2)11-12-22(18)34-3/h5-14,21H,15-16H2,1-4H3,(H,27,32)/t21-/m1/s1. The van der Waals surface area contributed by atoms with Crippen molar-refractivity contribution in [3.05, 3.63) is 70.4 Å². The zero-order valence-corrected chi connectivity index (χ0v) is 21.4. The van der Waals surface area contributed by atoms with Gasteiger partial charge in [-0.05, 0) is 41.8 Å². The number of nitrogens with one attached hydrogen (secondary N) is 1. The fourth-order valence-electron chi connectivity index (χ4n) is 3.98. The summed E-state index contributed by atoms with van der Waals surface area (Å²) < 4.78 is 16.3. The summed E-state index contributed by atoms with van der Waals surface area (Å²) in [6, 6.07) is 15.6. The Bertz CT molecular complexity index is 1260. The van der Waals surface area contributed by atoms with Gasteiger partial charge >= 0.3 is 6.03 Å². The summed E-state index contributed by atoms with van der Waals surface area (Å²) in [6.45, 7) is -0.176. The maximum atomic E-state index is 13.5. The number of anilines is 1. The van der Waals surface area contributed by atoms with Crippen LogP contribution < -0.4 is 19.5 Å². The third-order valence-electron chi connectivity index (χ3n) is 5.84. The molecule has 0 saturated carbocycles. The predicted molar refractivity (Wildman–Crippen MR) is 139 cm³/mol. The first-order valence-corrected chi connectivity index (χ1v) is 12.1. The molecule has 3 aromatic rings. The Morgan fingerprint density at radius 2 is 1.83 bits per heavy atom. The first-order valence-electron chi connectivity index (χ1n) is 11.3. The molecule has 0 saturated heterocycles. The summed E-state index contributed by atoms with van der Waals surface area (Å²) >= 11 is 1.56. The van der Waals surface area contributed by atoms with Gasteiger partial charge in [0.1, 0.15) is 23.8 Å². The van der Waals surface area contributed by atoms with Crippen molar-refractivity contribution in [3.63, 3.8) is 0 Å². The smallest absolute Gasteiger partial charge is 0.322 e. The van der Waals surface area contributed by atoms with E-state index in [0.717, 1.165) is 16.2 Å². The number of hydrogen-bond donors (Lipinski definition) is 1. The molecule has 0 aliphatic carbocycles.